The second-order valence-electron chi connectivity index (χ2n) is 4.71. The molecule has 0 radical (unpaired) electrons. The summed E-state index contributed by atoms with van der Waals surface area (Å²) in [6.07, 6.45) is 0. The zero-order valence-corrected chi connectivity index (χ0v) is 12.7. The van der Waals surface area contributed by atoms with E-state index >= 15 is 0 Å². The summed E-state index contributed by atoms with van der Waals surface area (Å²) in [6.45, 7) is 6.77. The van der Waals surface area contributed by atoms with E-state index in [2.05, 4.69) is 36.3 Å². The van der Waals surface area contributed by atoms with Crippen molar-refractivity contribution in [3.8, 4) is 5.75 Å². The molecule has 1 aromatic heterocycles. The first-order valence-corrected chi connectivity index (χ1v) is 7.29. The van der Waals surface area contributed by atoms with Gasteiger partial charge in [0.1, 0.15) is 17.4 Å². The van der Waals surface area contributed by atoms with Crippen LogP contribution in [0.25, 0.3) is 0 Å². The molecule has 3 nitrogen and oxygen atoms in total. The highest BCUT2D eigenvalue weighted by Gasteiger charge is 2.07. The van der Waals surface area contributed by atoms with Gasteiger partial charge in [-0.15, -0.1) is 11.3 Å². The summed E-state index contributed by atoms with van der Waals surface area (Å²) in [5.41, 5.74) is 3.49. The van der Waals surface area contributed by atoms with E-state index in [0.29, 0.717) is 12.6 Å². The molecule has 0 amide bonds. The average molecular weight is 276 g/mol. The van der Waals surface area contributed by atoms with E-state index in [1.165, 1.54) is 5.56 Å². The van der Waals surface area contributed by atoms with E-state index in [-0.39, 0.29) is 0 Å². The van der Waals surface area contributed by atoms with E-state index in [1.807, 2.05) is 25.4 Å². The third kappa shape index (κ3) is 3.55. The minimum atomic E-state index is 0.356. The van der Waals surface area contributed by atoms with Crippen LogP contribution in [0.5, 0.6) is 5.75 Å². The molecule has 1 atom stereocenters. The maximum absolute atomic E-state index is 5.83. The molecule has 2 aromatic rings. The van der Waals surface area contributed by atoms with Gasteiger partial charge in [-0.25, -0.2) is 4.98 Å². The molecule has 2 rings (SSSR count). The van der Waals surface area contributed by atoms with Crippen LogP contribution in [-0.4, -0.2) is 12.0 Å². The van der Waals surface area contributed by atoms with Gasteiger partial charge >= 0.3 is 0 Å². The third-order valence-corrected chi connectivity index (χ3v) is 4.09. The Bertz CT molecular complexity index is 551. The highest BCUT2D eigenvalue weighted by atomic mass is 32.1. The van der Waals surface area contributed by atoms with Crippen LogP contribution in [0, 0.1) is 13.8 Å². The van der Waals surface area contributed by atoms with Crippen LogP contribution in [0.15, 0.2) is 23.6 Å². The van der Waals surface area contributed by atoms with Crippen LogP contribution >= 0.6 is 11.3 Å². The molecule has 1 unspecified atom stereocenters. The Morgan fingerprint density at radius 2 is 2.16 bits per heavy atom. The summed E-state index contributed by atoms with van der Waals surface area (Å²) in [4.78, 5) is 4.40. The summed E-state index contributed by atoms with van der Waals surface area (Å²) >= 11 is 1.64. The first-order valence-electron chi connectivity index (χ1n) is 6.41. The molecule has 0 fully saturated rings. The maximum Gasteiger partial charge on any atom is 0.140 e. The molecule has 0 aliphatic rings. The van der Waals surface area contributed by atoms with Gasteiger partial charge in [0.25, 0.3) is 0 Å². The fraction of sp³-hybridized carbons (Fsp3) is 0.400. The van der Waals surface area contributed by atoms with Gasteiger partial charge in [0.15, 0.2) is 0 Å². The van der Waals surface area contributed by atoms with Crippen LogP contribution in [-0.2, 0) is 6.61 Å². The summed E-state index contributed by atoms with van der Waals surface area (Å²) in [5, 5.41) is 6.30. The molecular weight excluding hydrogens is 256 g/mol. The van der Waals surface area contributed by atoms with Crippen molar-refractivity contribution in [2.24, 2.45) is 0 Å². The highest BCUT2D eigenvalue weighted by Crippen LogP contribution is 2.23. The van der Waals surface area contributed by atoms with Gasteiger partial charge in [-0.05, 0) is 45.0 Å². The van der Waals surface area contributed by atoms with Gasteiger partial charge in [-0.3, -0.25) is 0 Å². The molecule has 0 aliphatic carbocycles. The number of nitrogens with one attached hydrogen (secondary N) is 1. The number of rotatable bonds is 5. The quantitative estimate of drug-likeness (QED) is 0.905. The van der Waals surface area contributed by atoms with E-state index in [9.17, 15) is 0 Å². The van der Waals surface area contributed by atoms with E-state index in [0.717, 1.165) is 22.0 Å². The molecule has 4 heteroatoms. The third-order valence-electron chi connectivity index (χ3n) is 3.15. The van der Waals surface area contributed by atoms with Crippen LogP contribution in [0.2, 0.25) is 0 Å². The highest BCUT2D eigenvalue weighted by molar-refractivity contribution is 7.09. The molecule has 1 N–H and O–H groups in total. The molecule has 1 aromatic carbocycles. The minimum absolute atomic E-state index is 0.356. The average Bonchev–Trinajstić information content (AvgIpc) is 2.82. The first-order chi connectivity index (χ1) is 9.10. The Kier molecular flexibility index (Phi) is 4.56. The Morgan fingerprint density at radius 1 is 1.37 bits per heavy atom. The standard InChI is InChI=1S/C15H20N2OS/c1-10-7-13(12(3)16-4)5-6-14(10)18-8-15-17-11(2)9-19-15/h5-7,9,12,16H,8H2,1-4H3. The molecule has 0 aliphatic heterocycles. The lowest BCUT2D eigenvalue weighted by atomic mass is 10.1. The molecule has 0 saturated carbocycles. The Morgan fingerprint density at radius 3 is 2.74 bits per heavy atom. The number of aromatic nitrogens is 1. The van der Waals surface area contributed by atoms with Gasteiger partial charge in [0.2, 0.25) is 0 Å². The summed E-state index contributed by atoms with van der Waals surface area (Å²) in [5.74, 6) is 0.930. The van der Waals surface area contributed by atoms with Crippen molar-refractivity contribution in [1.82, 2.24) is 10.3 Å². The van der Waals surface area contributed by atoms with Crippen LogP contribution < -0.4 is 10.1 Å². The zero-order valence-electron chi connectivity index (χ0n) is 11.9. The smallest absolute Gasteiger partial charge is 0.140 e. The number of benzene rings is 1. The second-order valence-corrected chi connectivity index (χ2v) is 5.65. The predicted octanol–water partition coefficient (Wildman–Crippen LogP) is 3.62. The van der Waals surface area contributed by atoms with Gasteiger partial charge in [0.05, 0.1) is 0 Å². The molecule has 1 heterocycles. The number of hydrogen-bond donors (Lipinski definition) is 1. The second kappa shape index (κ2) is 6.17. The van der Waals surface area contributed by atoms with E-state index < -0.39 is 0 Å². The normalized spacial score (nSPS) is 12.4. The summed E-state index contributed by atoms with van der Waals surface area (Å²) < 4.78 is 5.83. The molecule has 0 spiro atoms. The van der Waals surface area contributed by atoms with Crippen LogP contribution in [0.4, 0.5) is 0 Å². The van der Waals surface area contributed by atoms with Crippen molar-refractivity contribution in [2.45, 2.75) is 33.4 Å². The van der Waals surface area contributed by atoms with Crippen molar-refractivity contribution in [3.05, 3.63) is 45.4 Å². The van der Waals surface area contributed by atoms with Crippen molar-refractivity contribution >= 4 is 11.3 Å². The number of ether oxygens (including phenoxy) is 1. The number of thiazole rings is 1. The largest absolute Gasteiger partial charge is 0.486 e. The van der Waals surface area contributed by atoms with Crippen molar-refractivity contribution in [2.75, 3.05) is 7.05 Å². The first kappa shape index (κ1) is 14.0. The predicted molar refractivity (Wildman–Crippen MR) is 79.8 cm³/mol. The molecule has 0 saturated heterocycles. The SMILES string of the molecule is CNC(C)c1ccc(OCc2nc(C)cs2)c(C)c1. The zero-order chi connectivity index (χ0) is 13.8. The lowest BCUT2D eigenvalue weighted by Crippen LogP contribution is -2.12. The van der Waals surface area contributed by atoms with Gasteiger partial charge in [-0.2, -0.15) is 0 Å². The minimum Gasteiger partial charge on any atom is -0.486 e. The van der Waals surface area contributed by atoms with E-state index in [1.54, 1.807) is 11.3 Å². The Balaban J connectivity index is 2.05. The van der Waals surface area contributed by atoms with Gasteiger partial charge in [0, 0.05) is 17.1 Å². The summed E-state index contributed by atoms with van der Waals surface area (Å²) in [6, 6.07) is 6.67. The van der Waals surface area contributed by atoms with Crippen molar-refractivity contribution in [3.63, 3.8) is 0 Å². The lowest BCUT2D eigenvalue weighted by molar-refractivity contribution is 0.303. The van der Waals surface area contributed by atoms with Crippen molar-refractivity contribution in [1.29, 1.82) is 0 Å². The van der Waals surface area contributed by atoms with Crippen LogP contribution in [0.1, 0.15) is 34.8 Å². The summed E-state index contributed by atoms with van der Waals surface area (Å²) in [7, 11) is 1.97. The number of nitrogens with zero attached hydrogens (tertiary/aromatic N) is 1. The molecule has 19 heavy (non-hydrogen) atoms. The topological polar surface area (TPSA) is 34.1 Å². The monoisotopic (exact) mass is 276 g/mol. The fourth-order valence-corrected chi connectivity index (χ4v) is 2.56. The number of aryl methyl sites for hydroxylation is 2. The molecular formula is C15H20N2OS. The molecule has 102 valence electrons. The fourth-order valence-electron chi connectivity index (χ4n) is 1.88. The van der Waals surface area contributed by atoms with Crippen LogP contribution in [0.3, 0.4) is 0 Å². The van der Waals surface area contributed by atoms with E-state index in [4.69, 9.17) is 4.74 Å². The molecule has 0 bridgehead atoms. The van der Waals surface area contributed by atoms with Gasteiger partial charge in [-0.1, -0.05) is 12.1 Å². The van der Waals surface area contributed by atoms with Crippen molar-refractivity contribution < 1.29 is 4.74 Å². The Hall–Kier alpha value is -1.39. The maximum atomic E-state index is 5.83. The van der Waals surface area contributed by atoms with Gasteiger partial charge < -0.3 is 10.1 Å². The lowest BCUT2D eigenvalue weighted by Gasteiger charge is -2.14. The number of hydrogen-bond acceptors (Lipinski definition) is 4. The Labute approximate surface area is 118 Å².